The van der Waals surface area contributed by atoms with Gasteiger partial charge in [-0.15, -0.1) is 22.7 Å². The summed E-state index contributed by atoms with van der Waals surface area (Å²) in [5.74, 6) is 0.807. The number of rotatable bonds is 5. The van der Waals surface area contributed by atoms with Crippen molar-refractivity contribution in [2.45, 2.75) is 0 Å². The van der Waals surface area contributed by atoms with Crippen LogP contribution in [-0.4, -0.2) is 12.1 Å². The van der Waals surface area contributed by atoms with Gasteiger partial charge in [0.05, 0.1) is 23.4 Å². The average molecular weight is 364 g/mol. The van der Waals surface area contributed by atoms with E-state index in [1.807, 2.05) is 30.3 Å². The third-order valence-corrected chi connectivity index (χ3v) is 5.68. The number of thiazole rings is 1. The lowest BCUT2D eigenvalue weighted by Gasteiger charge is -2.07. The van der Waals surface area contributed by atoms with Crippen LogP contribution in [0.1, 0.15) is 0 Å². The molecule has 0 spiro atoms. The van der Waals surface area contributed by atoms with Crippen LogP contribution in [0.2, 0.25) is 0 Å². The second-order valence-electron chi connectivity index (χ2n) is 5.39. The fourth-order valence-corrected chi connectivity index (χ4v) is 4.31. The van der Waals surface area contributed by atoms with E-state index in [-0.39, 0.29) is 0 Å². The number of nitrogens with zero attached hydrogens (tertiary/aromatic N) is 1. The fourth-order valence-electron chi connectivity index (χ4n) is 2.54. The van der Waals surface area contributed by atoms with Crippen molar-refractivity contribution in [1.29, 1.82) is 0 Å². The molecule has 4 rings (SSSR count). The Morgan fingerprint density at radius 3 is 2.48 bits per heavy atom. The van der Waals surface area contributed by atoms with Crippen LogP contribution in [0.5, 0.6) is 5.75 Å². The zero-order valence-corrected chi connectivity index (χ0v) is 15.2. The summed E-state index contributed by atoms with van der Waals surface area (Å²) in [6, 6.07) is 22.6. The van der Waals surface area contributed by atoms with E-state index in [1.165, 1.54) is 15.3 Å². The molecule has 2 heterocycles. The van der Waals surface area contributed by atoms with Gasteiger partial charge in [-0.05, 0) is 29.8 Å². The molecule has 0 bridgehead atoms. The third kappa shape index (κ3) is 3.43. The van der Waals surface area contributed by atoms with Crippen molar-refractivity contribution >= 4 is 33.5 Å². The van der Waals surface area contributed by atoms with E-state index in [2.05, 4.69) is 47.1 Å². The molecule has 1 N–H and O–H groups in total. The minimum atomic E-state index is 0.807. The average Bonchev–Trinajstić information content (AvgIpc) is 3.32. The van der Waals surface area contributed by atoms with E-state index in [0.717, 1.165) is 22.3 Å². The molecule has 4 aromatic rings. The van der Waals surface area contributed by atoms with Crippen molar-refractivity contribution in [2.75, 3.05) is 12.4 Å². The second-order valence-corrected chi connectivity index (χ2v) is 7.33. The van der Waals surface area contributed by atoms with Crippen LogP contribution in [0.3, 0.4) is 0 Å². The van der Waals surface area contributed by atoms with E-state index in [4.69, 9.17) is 9.72 Å². The van der Waals surface area contributed by atoms with Crippen molar-refractivity contribution in [2.24, 2.45) is 0 Å². The number of thiophene rings is 1. The van der Waals surface area contributed by atoms with Gasteiger partial charge in [0.2, 0.25) is 0 Å². The second kappa shape index (κ2) is 7.09. The lowest BCUT2D eigenvalue weighted by molar-refractivity contribution is 0.417. The van der Waals surface area contributed by atoms with Crippen LogP contribution in [0.4, 0.5) is 10.8 Å². The molecule has 3 nitrogen and oxygen atoms in total. The molecular weight excluding hydrogens is 348 g/mol. The number of hydrogen-bond acceptors (Lipinski definition) is 5. The lowest BCUT2D eigenvalue weighted by Crippen LogP contribution is -1.93. The third-order valence-electron chi connectivity index (χ3n) is 3.77. The predicted octanol–water partition coefficient (Wildman–Crippen LogP) is 6.29. The number of anilines is 2. The van der Waals surface area contributed by atoms with Crippen LogP contribution < -0.4 is 10.1 Å². The highest BCUT2D eigenvalue weighted by Crippen LogP contribution is 2.36. The zero-order valence-electron chi connectivity index (χ0n) is 13.6. The summed E-state index contributed by atoms with van der Waals surface area (Å²) < 4.78 is 5.38. The number of nitrogens with one attached hydrogen (secondary N) is 1. The van der Waals surface area contributed by atoms with E-state index >= 15 is 0 Å². The van der Waals surface area contributed by atoms with Gasteiger partial charge in [0.25, 0.3) is 0 Å². The predicted molar refractivity (Wildman–Crippen MR) is 107 cm³/mol. The first-order valence-corrected chi connectivity index (χ1v) is 9.54. The van der Waals surface area contributed by atoms with Crippen molar-refractivity contribution in [3.05, 3.63) is 72.1 Å². The van der Waals surface area contributed by atoms with E-state index in [1.54, 1.807) is 29.8 Å². The number of ether oxygens (including phenoxy) is 1. The topological polar surface area (TPSA) is 34.1 Å². The Balaban J connectivity index is 1.57. The minimum absolute atomic E-state index is 0.807. The summed E-state index contributed by atoms with van der Waals surface area (Å²) >= 11 is 3.35. The first-order chi connectivity index (χ1) is 12.3. The molecule has 0 atom stereocenters. The highest BCUT2D eigenvalue weighted by molar-refractivity contribution is 7.19. The minimum Gasteiger partial charge on any atom is -0.495 e. The first kappa shape index (κ1) is 15.9. The van der Waals surface area contributed by atoms with Crippen LogP contribution in [0, 0.1) is 0 Å². The van der Waals surface area contributed by atoms with Crippen LogP contribution in [0.15, 0.2) is 72.1 Å². The first-order valence-electron chi connectivity index (χ1n) is 7.85. The van der Waals surface area contributed by atoms with E-state index < -0.39 is 0 Å². The van der Waals surface area contributed by atoms with Gasteiger partial charge in [-0.25, -0.2) is 4.98 Å². The number of para-hydroxylation sites is 2. The van der Waals surface area contributed by atoms with Crippen LogP contribution in [0.25, 0.3) is 21.0 Å². The maximum absolute atomic E-state index is 5.38. The van der Waals surface area contributed by atoms with Crippen molar-refractivity contribution in [1.82, 2.24) is 4.98 Å². The number of benzene rings is 2. The van der Waals surface area contributed by atoms with Gasteiger partial charge in [0.15, 0.2) is 5.13 Å². The molecule has 0 saturated heterocycles. The van der Waals surface area contributed by atoms with Gasteiger partial charge in [-0.3, -0.25) is 0 Å². The summed E-state index contributed by atoms with van der Waals surface area (Å²) in [7, 11) is 1.67. The Morgan fingerprint density at radius 1 is 0.880 bits per heavy atom. The summed E-state index contributed by atoms with van der Waals surface area (Å²) in [5.41, 5.74) is 3.15. The molecule has 2 aromatic heterocycles. The molecule has 0 unspecified atom stereocenters. The number of hydrogen-bond donors (Lipinski definition) is 1. The van der Waals surface area contributed by atoms with E-state index in [9.17, 15) is 0 Å². The van der Waals surface area contributed by atoms with Crippen molar-refractivity contribution < 1.29 is 4.74 Å². The fraction of sp³-hybridized carbons (Fsp3) is 0.0500. The summed E-state index contributed by atoms with van der Waals surface area (Å²) in [5, 5.41) is 6.28. The lowest BCUT2D eigenvalue weighted by atomic mass is 10.2. The number of aromatic nitrogens is 1. The number of methoxy groups -OCH3 is 1. The Kier molecular flexibility index (Phi) is 4.50. The maximum Gasteiger partial charge on any atom is 0.187 e. The molecule has 124 valence electrons. The smallest absolute Gasteiger partial charge is 0.187 e. The van der Waals surface area contributed by atoms with Gasteiger partial charge in [-0.2, -0.15) is 0 Å². The normalized spacial score (nSPS) is 10.6. The van der Waals surface area contributed by atoms with Crippen molar-refractivity contribution in [3.8, 4) is 26.8 Å². The Morgan fingerprint density at radius 2 is 1.64 bits per heavy atom. The van der Waals surface area contributed by atoms with E-state index in [0.29, 0.717) is 0 Å². The molecule has 0 aliphatic rings. The Bertz CT molecular complexity index is 976. The molecule has 0 fully saturated rings. The summed E-state index contributed by atoms with van der Waals surface area (Å²) in [4.78, 5) is 7.14. The maximum atomic E-state index is 5.38. The standard InChI is InChI=1S/C20H16N2OS2/c1-23-17-10-6-5-9-15(17)21-20-22-16(13-24-20)19-12-11-18(25-19)14-7-3-2-4-8-14/h2-13H,1H3,(H,21,22). The van der Waals surface area contributed by atoms with Crippen molar-refractivity contribution in [3.63, 3.8) is 0 Å². The Hall–Kier alpha value is -2.63. The molecule has 0 radical (unpaired) electrons. The summed E-state index contributed by atoms with van der Waals surface area (Å²) in [6.07, 6.45) is 0. The summed E-state index contributed by atoms with van der Waals surface area (Å²) in [6.45, 7) is 0. The van der Waals surface area contributed by atoms with Gasteiger partial charge in [0, 0.05) is 10.3 Å². The molecule has 2 aromatic carbocycles. The van der Waals surface area contributed by atoms with Gasteiger partial charge < -0.3 is 10.1 Å². The quantitative estimate of drug-likeness (QED) is 0.452. The highest BCUT2D eigenvalue weighted by atomic mass is 32.1. The molecule has 25 heavy (non-hydrogen) atoms. The monoisotopic (exact) mass is 364 g/mol. The molecule has 0 amide bonds. The SMILES string of the molecule is COc1ccccc1Nc1nc(-c2ccc(-c3ccccc3)s2)cs1. The molecular formula is C20H16N2OS2. The Labute approximate surface area is 154 Å². The highest BCUT2D eigenvalue weighted by Gasteiger charge is 2.10. The van der Waals surface area contributed by atoms with Crippen LogP contribution >= 0.6 is 22.7 Å². The molecule has 0 saturated carbocycles. The molecule has 5 heteroatoms. The van der Waals surface area contributed by atoms with Gasteiger partial charge in [-0.1, -0.05) is 42.5 Å². The van der Waals surface area contributed by atoms with Crippen LogP contribution in [-0.2, 0) is 0 Å². The largest absolute Gasteiger partial charge is 0.495 e. The molecule has 0 aliphatic carbocycles. The van der Waals surface area contributed by atoms with Gasteiger partial charge >= 0.3 is 0 Å². The molecule has 0 aliphatic heterocycles. The zero-order chi connectivity index (χ0) is 17.1. The van der Waals surface area contributed by atoms with Gasteiger partial charge in [0.1, 0.15) is 5.75 Å².